The number of carboxylic acid groups (broad SMARTS) is 1. The average molecular weight is 289 g/mol. The molecule has 1 unspecified atom stereocenters. The van der Waals surface area contributed by atoms with Crippen LogP contribution < -0.4 is 4.74 Å². The summed E-state index contributed by atoms with van der Waals surface area (Å²) in [5.41, 5.74) is 2.05. The highest BCUT2D eigenvalue weighted by molar-refractivity contribution is 5.85. The minimum atomic E-state index is -0.927. The zero-order valence-corrected chi connectivity index (χ0v) is 12.7. The van der Waals surface area contributed by atoms with E-state index in [-0.39, 0.29) is 0 Å². The van der Waals surface area contributed by atoms with E-state index >= 15 is 0 Å². The molecule has 1 fully saturated rings. The van der Waals surface area contributed by atoms with Gasteiger partial charge in [0.05, 0.1) is 7.11 Å². The van der Waals surface area contributed by atoms with Crippen LogP contribution in [-0.2, 0) is 11.3 Å². The van der Waals surface area contributed by atoms with Gasteiger partial charge in [0, 0.05) is 19.2 Å². The summed E-state index contributed by atoms with van der Waals surface area (Å²) >= 11 is 0. The molecule has 0 aromatic heterocycles. The number of methoxy groups -OCH3 is 1. The fourth-order valence-electron chi connectivity index (χ4n) is 2.84. The number of carbonyl (C=O) groups is 1. The van der Waals surface area contributed by atoms with E-state index in [2.05, 4.69) is 11.8 Å². The van der Waals surface area contributed by atoms with E-state index < -0.39 is 5.97 Å². The lowest BCUT2D eigenvalue weighted by Crippen LogP contribution is -2.33. The molecule has 1 saturated heterocycles. The second kappa shape index (κ2) is 7.27. The highest BCUT2D eigenvalue weighted by Crippen LogP contribution is 2.23. The van der Waals surface area contributed by atoms with E-state index in [4.69, 9.17) is 9.84 Å². The molecule has 1 aliphatic rings. The third kappa shape index (κ3) is 4.60. The molecule has 0 saturated carbocycles. The smallest absolute Gasteiger partial charge is 0.328 e. The molecule has 4 heteroatoms. The topological polar surface area (TPSA) is 49.8 Å². The molecular weight excluding hydrogens is 266 g/mol. The molecule has 114 valence electrons. The van der Waals surface area contributed by atoms with Crippen molar-refractivity contribution in [2.45, 2.75) is 26.3 Å². The van der Waals surface area contributed by atoms with E-state index in [0.29, 0.717) is 0 Å². The van der Waals surface area contributed by atoms with Crippen LogP contribution >= 0.6 is 0 Å². The van der Waals surface area contributed by atoms with Crippen LogP contribution in [0.1, 0.15) is 30.9 Å². The predicted molar refractivity (Wildman–Crippen MR) is 83.3 cm³/mol. The molecule has 1 N–H and O–H groups in total. The quantitative estimate of drug-likeness (QED) is 0.847. The van der Waals surface area contributed by atoms with Gasteiger partial charge in [0.25, 0.3) is 0 Å². The summed E-state index contributed by atoms with van der Waals surface area (Å²) in [6, 6.07) is 5.78. The Balaban J connectivity index is 2.19. The minimum absolute atomic E-state index is 0.724. The van der Waals surface area contributed by atoms with E-state index in [1.807, 2.05) is 18.2 Å². The van der Waals surface area contributed by atoms with Gasteiger partial charge in [-0.15, -0.1) is 0 Å². The molecule has 0 radical (unpaired) electrons. The number of likely N-dealkylation sites (tertiary alicyclic amines) is 1. The zero-order chi connectivity index (χ0) is 15.2. The third-order valence-corrected chi connectivity index (χ3v) is 3.89. The first kappa shape index (κ1) is 15.6. The number of ether oxygens (including phenoxy) is 1. The lowest BCUT2D eigenvalue weighted by molar-refractivity contribution is -0.131. The minimum Gasteiger partial charge on any atom is -0.497 e. The number of hydrogen-bond donors (Lipinski definition) is 1. The Morgan fingerprint density at radius 1 is 1.52 bits per heavy atom. The molecule has 1 aromatic carbocycles. The molecule has 2 rings (SSSR count). The van der Waals surface area contributed by atoms with Crippen molar-refractivity contribution in [3.8, 4) is 5.75 Å². The van der Waals surface area contributed by atoms with Gasteiger partial charge in [-0.05, 0) is 54.6 Å². The molecule has 1 heterocycles. The fraction of sp³-hybridized carbons (Fsp3) is 0.471. The lowest BCUT2D eigenvalue weighted by Gasteiger charge is -2.31. The van der Waals surface area contributed by atoms with E-state index in [1.54, 1.807) is 13.2 Å². The van der Waals surface area contributed by atoms with Crippen LogP contribution in [0.4, 0.5) is 0 Å². The van der Waals surface area contributed by atoms with Crippen molar-refractivity contribution in [3.63, 3.8) is 0 Å². The van der Waals surface area contributed by atoms with Gasteiger partial charge in [0.15, 0.2) is 0 Å². The molecule has 21 heavy (non-hydrogen) atoms. The number of aliphatic carboxylic acids is 1. The molecule has 1 aliphatic heterocycles. The SMILES string of the molecule is COc1ccc(C=CC(=O)O)c(CN2CCCC(C)C2)c1. The number of rotatable bonds is 5. The number of piperidine rings is 1. The molecule has 0 spiro atoms. The van der Waals surface area contributed by atoms with Gasteiger partial charge < -0.3 is 9.84 Å². The number of hydrogen-bond acceptors (Lipinski definition) is 3. The summed E-state index contributed by atoms with van der Waals surface area (Å²) in [6.07, 6.45) is 5.36. The first-order chi connectivity index (χ1) is 10.1. The predicted octanol–water partition coefficient (Wildman–Crippen LogP) is 3.02. The van der Waals surface area contributed by atoms with Crippen molar-refractivity contribution >= 4 is 12.0 Å². The maximum absolute atomic E-state index is 10.7. The van der Waals surface area contributed by atoms with Crippen molar-refractivity contribution < 1.29 is 14.6 Å². The van der Waals surface area contributed by atoms with Crippen LogP contribution in [-0.4, -0.2) is 36.2 Å². The van der Waals surface area contributed by atoms with Crippen LogP contribution in [0.5, 0.6) is 5.75 Å². The zero-order valence-electron chi connectivity index (χ0n) is 12.7. The number of nitrogens with zero attached hydrogens (tertiary/aromatic N) is 1. The van der Waals surface area contributed by atoms with Crippen LogP contribution in [0.2, 0.25) is 0 Å². The summed E-state index contributed by atoms with van der Waals surface area (Å²) in [5.74, 6) is 0.605. The lowest BCUT2D eigenvalue weighted by atomic mass is 9.98. The monoisotopic (exact) mass is 289 g/mol. The molecule has 1 atom stereocenters. The Bertz CT molecular complexity index is 525. The largest absolute Gasteiger partial charge is 0.497 e. The van der Waals surface area contributed by atoms with Crippen LogP contribution in [0.25, 0.3) is 6.08 Å². The Kier molecular flexibility index (Phi) is 5.39. The maximum atomic E-state index is 10.7. The standard InChI is InChI=1S/C17H23NO3/c1-13-4-3-9-18(11-13)12-15-10-16(21-2)7-5-14(15)6-8-17(19)20/h5-8,10,13H,3-4,9,11-12H2,1-2H3,(H,19,20). The van der Waals surface area contributed by atoms with Crippen molar-refractivity contribution in [2.24, 2.45) is 5.92 Å². The summed E-state index contributed by atoms with van der Waals surface area (Å²) in [5, 5.41) is 8.80. The Morgan fingerprint density at radius 3 is 3.00 bits per heavy atom. The second-order valence-corrected chi connectivity index (χ2v) is 5.72. The summed E-state index contributed by atoms with van der Waals surface area (Å²) < 4.78 is 5.29. The van der Waals surface area contributed by atoms with Crippen molar-refractivity contribution in [1.29, 1.82) is 0 Å². The van der Waals surface area contributed by atoms with Gasteiger partial charge in [-0.1, -0.05) is 13.0 Å². The van der Waals surface area contributed by atoms with E-state index in [1.165, 1.54) is 18.9 Å². The van der Waals surface area contributed by atoms with Crippen molar-refractivity contribution in [2.75, 3.05) is 20.2 Å². The molecule has 4 nitrogen and oxygen atoms in total. The van der Waals surface area contributed by atoms with Crippen LogP contribution in [0, 0.1) is 5.92 Å². The molecule has 0 bridgehead atoms. The van der Waals surface area contributed by atoms with E-state index in [9.17, 15) is 4.79 Å². The molecular formula is C17H23NO3. The van der Waals surface area contributed by atoms with Crippen molar-refractivity contribution in [3.05, 3.63) is 35.4 Å². The Hall–Kier alpha value is -1.81. The first-order valence-corrected chi connectivity index (χ1v) is 7.38. The number of benzene rings is 1. The highest BCUT2D eigenvalue weighted by Gasteiger charge is 2.17. The van der Waals surface area contributed by atoms with Gasteiger partial charge >= 0.3 is 5.97 Å². The van der Waals surface area contributed by atoms with Gasteiger partial charge in [-0.3, -0.25) is 4.90 Å². The molecule has 0 amide bonds. The third-order valence-electron chi connectivity index (χ3n) is 3.89. The fourth-order valence-corrected chi connectivity index (χ4v) is 2.84. The number of carboxylic acids is 1. The second-order valence-electron chi connectivity index (χ2n) is 5.72. The van der Waals surface area contributed by atoms with Gasteiger partial charge in [0.2, 0.25) is 0 Å². The van der Waals surface area contributed by atoms with Crippen molar-refractivity contribution in [1.82, 2.24) is 4.90 Å². The van der Waals surface area contributed by atoms with Crippen LogP contribution in [0.3, 0.4) is 0 Å². The maximum Gasteiger partial charge on any atom is 0.328 e. The summed E-state index contributed by atoms with van der Waals surface area (Å²) in [6.45, 7) is 5.31. The van der Waals surface area contributed by atoms with E-state index in [0.717, 1.165) is 42.4 Å². The first-order valence-electron chi connectivity index (χ1n) is 7.38. The normalized spacial score (nSPS) is 19.8. The molecule has 1 aromatic rings. The summed E-state index contributed by atoms with van der Waals surface area (Å²) in [7, 11) is 1.65. The Morgan fingerprint density at radius 2 is 2.33 bits per heavy atom. The molecule has 0 aliphatic carbocycles. The average Bonchev–Trinajstić information content (AvgIpc) is 2.45. The summed E-state index contributed by atoms with van der Waals surface area (Å²) in [4.78, 5) is 13.1. The highest BCUT2D eigenvalue weighted by atomic mass is 16.5. The van der Waals surface area contributed by atoms with Gasteiger partial charge in [-0.25, -0.2) is 4.79 Å². The Labute approximate surface area is 126 Å². The van der Waals surface area contributed by atoms with Gasteiger partial charge in [-0.2, -0.15) is 0 Å². The van der Waals surface area contributed by atoms with Gasteiger partial charge in [0.1, 0.15) is 5.75 Å². The van der Waals surface area contributed by atoms with Crippen LogP contribution in [0.15, 0.2) is 24.3 Å².